The van der Waals surface area contributed by atoms with Crippen LogP contribution in [0.5, 0.6) is 11.5 Å². The molecule has 1 aromatic heterocycles. The van der Waals surface area contributed by atoms with Crippen LogP contribution in [0.2, 0.25) is 0 Å². The molecule has 4 rings (SSSR count). The Morgan fingerprint density at radius 3 is 2.62 bits per heavy atom. The number of carbonyl (C=O) groups excluding carboxylic acids is 1. The van der Waals surface area contributed by atoms with Gasteiger partial charge < -0.3 is 14.4 Å². The fraction of sp³-hybridized carbons (Fsp3) is 0.143. The molecule has 0 spiro atoms. The summed E-state index contributed by atoms with van der Waals surface area (Å²) in [5.41, 5.74) is 4.22. The fourth-order valence-corrected chi connectivity index (χ4v) is 3.31. The van der Waals surface area contributed by atoms with Crippen molar-refractivity contribution >= 4 is 11.6 Å². The van der Waals surface area contributed by atoms with Gasteiger partial charge in [-0.15, -0.1) is 0 Å². The Hall–Kier alpha value is -3.34. The molecule has 2 aromatic carbocycles. The summed E-state index contributed by atoms with van der Waals surface area (Å²) in [5.74, 6) is 1.31. The number of rotatable bonds is 3. The minimum atomic E-state index is -0.156. The third-order valence-electron chi connectivity index (χ3n) is 4.58. The zero-order valence-corrected chi connectivity index (χ0v) is 14.6. The van der Waals surface area contributed by atoms with Crippen LogP contribution in [0.1, 0.15) is 16.1 Å². The number of hydrogen-bond acceptors (Lipinski definition) is 4. The van der Waals surface area contributed by atoms with Gasteiger partial charge in [-0.25, -0.2) is 0 Å². The number of nitrogens with zero attached hydrogens (tertiary/aromatic N) is 2. The van der Waals surface area contributed by atoms with Gasteiger partial charge in [0.1, 0.15) is 17.2 Å². The van der Waals surface area contributed by atoms with Crippen molar-refractivity contribution in [2.24, 2.45) is 0 Å². The van der Waals surface area contributed by atoms with Crippen molar-refractivity contribution < 1.29 is 14.3 Å². The van der Waals surface area contributed by atoms with Gasteiger partial charge in [-0.3, -0.25) is 9.78 Å². The minimum absolute atomic E-state index is 0.156. The highest BCUT2D eigenvalue weighted by Gasteiger charge is 2.30. The summed E-state index contributed by atoms with van der Waals surface area (Å²) < 4.78 is 10.9. The van der Waals surface area contributed by atoms with Gasteiger partial charge in [0.15, 0.2) is 0 Å². The maximum atomic E-state index is 13.2. The molecule has 0 atom stereocenters. The molecule has 0 saturated heterocycles. The number of anilines is 1. The molecule has 0 radical (unpaired) electrons. The fourth-order valence-electron chi connectivity index (χ4n) is 3.31. The number of hydrogen-bond donors (Lipinski definition) is 0. The molecular weight excluding hydrogens is 328 g/mol. The molecule has 0 N–H and O–H groups in total. The zero-order chi connectivity index (χ0) is 18.1. The Morgan fingerprint density at radius 1 is 1.00 bits per heavy atom. The Balaban J connectivity index is 1.90. The Bertz CT molecular complexity index is 970. The minimum Gasteiger partial charge on any atom is -0.497 e. The second-order valence-electron chi connectivity index (χ2n) is 5.98. The van der Waals surface area contributed by atoms with Crippen molar-refractivity contribution in [1.82, 2.24) is 4.98 Å². The monoisotopic (exact) mass is 346 g/mol. The van der Waals surface area contributed by atoms with Gasteiger partial charge in [-0.1, -0.05) is 18.2 Å². The largest absolute Gasteiger partial charge is 0.497 e. The van der Waals surface area contributed by atoms with E-state index >= 15 is 0 Å². The van der Waals surface area contributed by atoms with Crippen molar-refractivity contribution in [2.75, 3.05) is 19.1 Å². The van der Waals surface area contributed by atoms with Crippen LogP contribution in [0.3, 0.4) is 0 Å². The molecule has 0 unspecified atom stereocenters. The predicted molar refractivity (Wildman–Crippen MR) is 99.7 cm³/mol. The van der Waals surface area contributed by atoms with E-state index in [4.69, 9.17) is 9.47 Å². The van der Waals surface area contributed by atoms with Crippen molar-refractivity contribution in [3.63, 3.8) is 0 Å². The Kier molecular flexibility index (Phi) is 4.05. The molecule has 0 saturated carbocycles. The molecule has 3 aromatic rings. The van der Waals surface area contributed by atoms with Crippen molar-refractivity contribution in [2.45, 2.75) is 6.54 Å². The number of ether oxygens (including phenoxy) is 2. The van der Waals surface area contributed by atoms with E-state index in [0.29, 0.717) is 18.0 Å². The first kappa shape index (κ1) is 16.1. The van der Waals surface area contributed by atoms with Crippen LogP contribution in [0.15, 0.2) is 60.8 Å². The SMILES string of the molecule is COc1ccc2c(c1)N(C(=O)c1ccccn1)Cc1c(OC)cccc1-2. The van der Waals surface area contributed by atoms with E-state index in [9.17, 15) is 4.79 Å². The topological polar surface area (TPSA) is 51.7 Å². The van der Waals surface area contributed by atoms with Gasteiger partial charge in [0, 0.05) is 23.4 Å². The second-order valence-corrected chi connectivity index (χ2v) is 5.98. The summed E-state index contributed by atoms with van der Waals surface area (Å²) in [5, 5.41) is 0. The lowest BCUT2D eigenvalue weighted by molar-refractivity contribution is 0.0980. The van der Waals surface area contributed by atoms with Crippen molar-refractivity contribution in [3.8, 4) is 22.6 Å². The number of pyridine rings is 1. The lowest BCUT2D eigenvalue weighted by atomic mass is 9.92. The van der Waals surface area contributed by atoms with Gasteiger partial charge >= 0.3 is 0 Å². The Labute approximate surface area is 151 Å². The molecule has 5 heteroatoms. The van der Waals surface area contributed by atoms with Crippen LogP contribution in [0.25, 0.3) is 11.1 Å². The number of fused-ring (bicyclic) bond motifs is 3. The van der Waals surface area contributed by atoms with Crippen LogP contribution in [-0.4, -0.2) is 25.1 Å². The molecule has 26 heavy (non-hydrogen) atoms. The number of methoxy groups -OCH3 is 2. The molecule has 0 fully saturated rings. The summed E-state index contributed by atoms with van der Waals surface area (Å²) >= 11 is 0. The molecule has 1 aliphatic rings. The third-order valence-corrected chi connectivity index (χ3v) is 4.58. The van der Waals surface area contributed by atoms with Crippen LogP contribution >= 0.6 is 0 Å². The lowest BCUT2D eigenvalue weighted by Crippen LogP contribution is -2.34. The number of amides is 1. The van der Waals surface area contributed by atoms with Gasteiger partial charge in [0.2, 0.25) is 0 Å². The van der Waals surface area contributed by atoms with Gasteiger partial charge in [0.05, 0.1) is 26.5 Å². The standard InChI is InChI=1S/C21H18N2O3/c1-25-14-9-10-16-15-6-5-8-20(26-2)17(15)13-23(19(16)12-14)21(24)18-7-3-4-11-22-18/h3-12H,13H2,1-2H3. The first-order valence-electron chi connectivity index (χ1n) is 8.30. The number of aromatic nitrogens is 1. The van der Waals surface area contributed by atoms with Crippen molar-refractivity contribution in [1.29, 1.82) is 0 Å². The summed E-state index contributed by atoms with van der Waals surface area (Å²) in [6.45, 7) is 0.412. The zero-order valence-electron chi connectivity index (χ0n) is 14.6. The second kappa shape index (κ2) is 6.52. The van der Waals surface area contributed by atoms with E-state index in [1.807, 2.05) is 42.5 Å². The maximum absolute atomic E-state index is 13.2. The van der Waals surface area contributed by atoms with E-state index in [1.54, 1.807) is 37.4 Å². The summed E-state index contributed by atoms with van der Waals surface area (Å²) in [6.07, 6.45) is 1.62. The lowest BCUT2D eigenvalue weighted by Gasteiger charge is -2.32. The number of benzene rings is 2. The highest BCUT2D eigenvalue weighted by Crippen LogP contribution is 2.44. The molecule has 1 aliphatic heterocycles. The van der Waals surface area contributed by atoms with Crippen LogP contribution in [-0.2, 0) is 6.54 Å². The number of carbonyl (C=O) groups is 1. The quantitative estimate of drug-likeness (QED) is 0.721. The third kappa shape index (κ3) is 2.58. The van der Waals surface area contributed by atoms with E-state index in [-0.39, 0.29) is 5.91 Å². The predicted octanol–water partition coefficient (Wildman–Crippen LogP) is 3.93. The molecule has 0 bridgehead atoms. The molecule has 130 valence electrons. The van der Waals surface area contributed by atoms with Crippen molar-refractivity contribution in [3.05, 3.63) is 72.1 Å². The van der Waals surface area contributed by atoms with Crippen LogP contribution in [0, 0.1) is 0 Å². The van der Waals surface area contributed by atoms with E-state index < -0.39 is 0 Å². The summed E-state index contributed by atoms with van der Waals surface area (Å²) in [7, 11) is 3.26. The molecule has 2 heterocycles. The molecule has 0 aliphatic carbocycles. The average Bonchev–Trinajstić information content (AvgIpc) is 2.72. The van der Waals surface area contributed by atoms with Gasteiger partial charge in [-0.2, -0.15) is 0 Å². The maximum Gasteiger partial charge on any atom is 0.277 e. The van der Waals surface area contributed by atoms with E-state index in [0.717, 1.165) is 28.1 Å². The molecular formula is C21H18N2O3. The highest BCUT2D eigenvalue weighted by atomic mass is 16.5. The van der Waals surface area contributed by atoms with Crippen LogP contribution in [0.4, 0.5) is 5.69 Å². The van der Waals surface area contributed by atoms with Crippen LogP contribution < -0.4 is 14.4 Å². The summed E-state index contributed by atoms with van der Waals surface area (Å²) in [6, 6.07) is 17.0. The smallest absolute Gasteiger partial charge is 0.277 e. The highest BCUT2D eigenvalue weighted by molar-refractivity contribution is 6.08. The van der Waals surface area contributed by atoms with E-state index in [1.165, 1.54) is 0 Å². The van der Waals surface area contributed by atoms with Gasteiger partial charge in [0.25, 0.3) is 5.91 Å². The first-order chi connectivity index (χ1) is 12.7. The molecule has 1 amide bonds. The first-order valence-corrected chi connectivity index (χ1v) is 8.30. The van der Waals surface area contributed by atoms with Gasteiger partial charge in [-0.05, 0) is 35.9 Å². The van der Waals surface area contributed by atoms with E-state index in [2.05, 4.69) is 4.98 Å². The summed E-state index contributed by atoms with van der Waals surface area (Å²) in [4.78, 5) is 19.1. The normalized spacial score (nSPS) is 12.2. The average molecular weight is 346 g/mol. The Morgan fingerprint density at radius 2 is 1.88 bits per heavy atom. The molecule has 5 nitrogen and oxygen atoms in total.